The molecule has 1 heterocycles. The Morgan fingerprint density at radius 3 is 2.56 bits per heavy atom. The molecule has 3 nitrogen and oxygen atoms in total. The molecule has 0 aliphatic heterocycles. The molecule has 1 fully saturated rings. The number of aromatic nitrogens is 1. The van der Waals surface area contributed by atoms with Gasteiger partial charge in [-0.15, -0.1) is 0 Å². The lowest BCUT2D eigenvalue weighted by Gasteiger charge is -2.16. The third-order valence-electron chi connectivity index (χ3n) is 5.20. The summed E-state index contributed by atoms with van der Waals surface area (Å²) in [5, 5.41) is 3.42. The summed E-state index contributed by atoms with van der Waals surface area (Å²) >= 11 is 9.18. The van der Waals surface area contributed by atoms with E-state index in [4.69, 9.17) is 0 Å². The number of anilines is 1. The van der Waals surface area contributed by atoms with Gasteiger partial charge in [0.2, 0.25) is 5.91 Å². The minimum absolute atomic E-state index is 0.147. The molecule has 0 bridgehead atoms. The highest BCUT2D eigenvalue weighted by atomic mass is 32.1. The molecule has 3 atom stereocenters. The summed E-state index contributed by atoms with van der Waals surface area (Å²) in [7, 11) is 0. The lowest BCUT2D eigenvalue weighted by molar-refractivity contribution is -0.116. The van der Waals surface area contributed by atoms with Gasteiger partial charge < -0.3 is 5.32 Å². The highest BCUT2D eigenvalue weighted by Crippen LogP contribution is 2.36. The van der Waals surface area contributed by atoms with Crippen LogP contribution in [0, 0.1) is 11.7 Å². The molecule has 0 spiro atoms. The fraction of sp³-hybridized carbons (Fsp3) is 0.429. The molecule has 0 saturated heterocycles. The first-order valence-electron chi connectivity index (χ1n) is 9.40. The Morgan fingerprint density at radius 1 is 1.11 bits per heavy atom. The Balaban J connectivity index is 1.45. The molecule has 6 heteroatoms. The number of amides is 1. The summed E-state index contributed by atoms with van der Waals surface area (Å²) in [5.74, 6) is 0.0184. The van der Waals surface area contributed by atoms with Crippen LogP contribution in [-0.4, -0.2) is 21.4 Å². The van der Waals surface area contributed by atoms with E-state index in [0.29, 0.717) is 22.8 Å². The van der Waals surface area contributed by atoms with Gasteiger partial charge in [-0.05, 0) is 67.0 Å². The maximum atomic E-state index is 14.3. The Morgan fingerprint density at radius 2 is 1.89 bits per heavy atom. The van der Waals surface area contributed by atoms with Crippen LogP contribution in [0.3, 0.4) is 0 Å². The number of rotatable bonds is 7. The van der Waals surface area contributed by atoms with Gasteiger partial charge in [-0.25, -0.2) is 4.39 Å². The van der Waals surface area contributed by atoms with Crippen LogP contribution in [-0.2, 0) is 4.79 Å². The zero-order valence-corrected chi connectivity index (χ0v) is 16.9. The van der Waals surface area contributed by atoms with Crippen molar-refractivity contribution in [2.24, 2.45) is 5.92 Å². The summed E-state index contributed by atoms with van der Waals surface area (Å²) in [6.07, 6.45) is 8.89. The second kappa shape index (κ2) is 9.60. The van der Waals surface area contributed by atoms with Crippen LogP contribution in [0.25, 0.3) is 11.1 Å². The lowest BCUT2D eigenvalue weighted by atomic mass is 9.99. The molecular weight excluding hydrogens is 379 g/mol. The van der Waals surface area contributed by atoms with E-state index in [0.717, 1.165) is 36.8 Å². The molecule has 2 aromatic rings. The van der Waals surface area contributed by atoms with Gasteiger partial charge in [0.1, 0.15) is 5.82 Å². The number of pyridine rings is 1. The van der Waals surface area contributed by atoms with E-state index in [1.165, 1.54) is 12.5 Å². The predicted octanol–water partition coefficient (Wildman–Crippen LogP) is 5.39. The van der Waals surface area contributed by atoms with Crippen molar-refractivity contribution < 1.29 is 9.18 Å². The van der Waals surface area contributed by atoms with E-state index in [1.807, 2.05) is 12.1 Å². The summed E-state index contributed by atoms with van der Waals surface area (Å²) in [5.41, 5.74) is 1.87. The summed E-state index contributed by atoms with van der Waals surface area (Å²) in [6, 6.07) is 8.49. The van der Waals surface area contributed by atoms with Crippen LogP contribution in [0.2, 0.25) is 0 Å². The van der Waals surface area contributed by atoms with Crippen molar-refractivity contribution in [1.82, 2.24) is 4.98 Å². The number of benzene rings is 1. The number of carbonyl (C=O) groups excluding carboxylic acids is 1. The highest BCUT2D eigenvalue weighted by Gasteiger charge is 2.30. The number of thiol groups is 2. The van der Waals surface area contributed by atoms with Crippen LogP contribution >= 0.6 is 25.3 Å². The first-order chi connectivity index (χ1) is 13.0. The van der Waals surface area contributed by atoms with Crippen molar-refractivity contribution in [2.45, 2.75) is 49.0 Å². The number of carbonyl (C=O) groups is 1. The fourth-order valence-electron chi connectivity index (χ4n) is 3.60. The highest BCUT2D eigenvalue weighted by molar-refractivity contribution is 7.85. The van der Waals surface area contributed by atoms with Crippen molar-refractivity contribution >= 4 is 36.9 Å². The molecular formula is C21H25FN2OS2. The van der Waals surface area contributed by atoms with Crippen LogP contribution in [0.1, 0.15) is 38.5 Å². The Labute approximate surface area is 171 Å². The zero-order valence-electron chi connectivity index (χ0n) is 15.1. The van der Waals surface area contributed by atoms with E-state index in [9.17, 15) is 9.18 Å². The van der Waals surface area contributed by atoms with E-state index in [2.05, 4.69) is 35.6 Å². The number of nitrogens with zero attached hydrogens (tertiary/aromatic N) is 1. The number of nitrogens with one attached hydrogen (secondary N) is 1. The first kappa shape index (κ1) is 20.2. The molecule has 1 amide bonds. The fourth-order valence-corrected chi connectivity index (χ4v) is 4.44. The van der Waals surface area contributed by atoms with Crippen LogP contribution in [0.5, 0.6) is 0 Å². The maximum absolute atomic E-state index is 14.3. The van der Waals surface area contributed by atoms with Gasteiger partial charge in [0.15, 0.2) is 0 Å². The van der Waals surface area contributed by atoms with Crippen molar-refractivity contribution in [1.29, 1.82) is 0 Å². The van der Waals surface area contributed by atoms with Crippen LogP contribution < -0.4 is 5.32 Å². The van der Waals surface area contributed by atoms with Crippen molar-refractivity contribution in [2.75, 3.05) is 5.32 Å². The normalized spacial score (nSPS) is 22.0. The van der Waals surface area contributed by atoms with E-state index < -0.39 is 5.82 Å². The molecule has 3 rings (SSSR count). The van der Waals surface area contributed by atoms with Gasteiger partial charge in [-0.3, -0.25) is 9.78 Å². The zero-order chi connectivity index (χ0) is 19.2. The maximum Gasteiger partial charge on any atom is 0.224 e. The number of halogens is 1. The SMILES string of the molecule is O=C(CCCCC1CCC(S)C1S)Nc1ccc(-c2ccncc2)cc1F. The molecule has 1 aliphatic carbocycles. The van der Waals surface area contributed by atoms with Gasteiger partial charge in [0, 0.05) is 29.3 Å². The number of hydrogen-bond donors (Lipinski definition) is 3. The quantitative estimate of drug-likeness (QED) is 0.428. The molecule has 1 saturated carbocycles. The Hall–Kier alpha value is -1.53. The van der Waals surface area contributed by atoms with E-state index >= 15 is 0 Å². The van der Waals surface area contributed by atoms with Crippen LogP contribution in [0.4, 0.5) is 10.1 Å². The minimum Gasteiger partial charge on any atom is -0.324 e. The van der Waals surface area contributed by atoms with Crippen molar-refractivity contribution in [3.05, 3.63) is 48.5 Å². The average molecular weight is 405 g/mol. The largest absolute Gasteiger partial charge is 0.324 e. The van der Waals surface area contributed by atoms with Crippen molar-refractivity contribution in [3.8, 4) is 11.1 Å². The lowest BCUT2D eigenvalue weighted by Crippen LogP contribution is -2.15. The van der Waals surface area contributed by atoms with Crippen LogP contribution in [0.15, 0.2) is 42.7 Å². The number of hydrogen-bond acceptors (Lipinski definition) is 4. The average Bonchev–Trinajstić information content (AvgIpc) is 2.99. The molecule has 3 unspecified atom stereocenters. The first-order valence-corrected chi connectivity index (χ1v) is 10.4. The summed E-state index contributed by atoms with van der Waals surface area (Å²) in [6.45, 7) is 0. The molecule has 27 heavy (non-hydrogen) atoms. The van der Waals surface area contributed by atoms with Gasteiger partial charge in [-0.2, -0.15) is 25.3 Å². The van der Waals surface area contributed by atoms with Gasteiger partial charge >= 0.3 is 0 Å². The topological polar surface area (TPSA) is 42.0 Å². The smallest absolute Gasteiger partial charge is 0.224 e. The van der Waals surface area contributed by atoms with Gasteiger partial charge in [0.05, 0.1) is 5.69 Å². The molecule has 1 aliphatic rings. The molecule has 1 aromatic heterocycles. The molecule has 0 radical (unpaired) electrons. The number of unbranched alkanes of at least 4 members (excludes halogenated alkanes) is 1. The van der Waals surface area contributed by atoms with Crippen molar-refractivity contribution in [3.63, 3.8) is 0 Å². The Kier molecular flexibility index (Phi) is 7.19. The summed E-state index contributed by atoms with van der Waals surface area (Å²) < 4.78 is 14.3. The third-order valence-corrected chi connectivity index (χ3v) is 6.79. The van der Waals surface area contributed by atoms with E-state index in [1.54, 1.807) is 24.5 Å². The predicted molar refractivity (Wildman–Crippen MR) is 115 cm³/mol. The standard InChI is InChI=1S/C21H25FN2OS2/c22-17-13-16(14-9-11-23-12-10-14)5-7-18(17)24-20(25)4-2-1-3-15-6-8-19(26)21(15)27/h5,7,9-13,15,19,21,26-27H,1-4,6,8H2,(H,24,25). The second-order valence-electron chi connectivity index (χ2n) is 7.12. The monoisotopic (exact) mass is 404 g/mol. The van der Waals surface area contributed by atoms with Gasteiger partial charge in [0.25, 0.3) is 0 Å². The Bertz CT molecular complexity index is 772. The molecule has 144 valence electrons. The minimum atomic E-state index is -0.429. The third kappa shape index (κ3) is 5.48. The van der Waals surface area contributed by atoms with Gasteiger partial charge in [-0.1, -0.05) is 12.5 Å². The molecule has 1 N–H and O–H groups in total. The van der Waals surface area contributed by atoms with E-state index in [-0.39, 0.29) is 11.6 Å². The second-order valence-corrected chi connectivity index (χ2v) is 8.38. The summed E-state index contributed by atoms with van der Waals surface area (Å²) in [4.78, 5) is 16.1. The molecule has 1 aromatic carbocycles.